The number of fused-ring (bicyclic) bond motifs is 2. The smallest absolute Gasteiger partial charge is 0.446 e. The summed E-state index contributed by atoms with van der Waals surface area (Å²) in [4.78, 5) is 62.2. The molecule has 0 unspecified atom stereocenters. The average Bonchev–Trinajstić information content (AvgIpc) is 4.08. The number of halogens is 7. The number of alkyl halides is 3. The zero-order chi connectivity index (χ0) is 50.2. The van der Waals surface area contributed by atoms with E-state index in [1.165, 1.54) is 27.9 Å². The number of carbonyl (C=O) groups excluding carboxylic acids is 3. The number of hydrogen-bond acceptors (Lipinski definition) is 11. The first kappa shape index (κ1) is 51.8. The molecule has 0 saturated carbocycles. The van der Waals surface area contributed by atoms with E-state index in [1.807, 2.05) is 20.8 Å². The van der Waals surface area contributed by atoms with Crippen molar-refractivity contribution >= 4 is 81.2 Å². The molecule has 2 atom stereocenters. The maximum Gasteiger partial charge on any atom is 0.446 e. The van der Waals surface area contributed by atoms with Gasteiger partial charge in [-0.05, 0) is 75.1 Å². The number of carbonyl (C=O) groups is 4. The van der Waals surface area contributed by atoms with E-state index in [0.717, 1.165) is 6.08 Å². The molecular formula is C45H45Cl2F5N10O6. The van der Waals surface area contributed by atoms with Gasteiger partial charge in [0.1, 0.15) is 41.2 Å². The van der Waals surface area contributed by atoms with Gasteiger partial charge in [0.25, 0.3) is 0 Å². The first-order chi connectivity index (χ1) is 32.0. The molecule has 0 radical (unpaired) electrons. The second-order valence-corrected chi connectivity index (χ2v) is 16.9. The predicted octanol–water partition coefficient (Wildman–Crippen LogP) is 9.09. The Hall–Kier alpha value is -7.13. The van der Waals surface area contributed by atoms with Crippen molar-refractivity contribution in [3.8, 4) is 22.3 Å². The first-order valence-corrected chi connectivity index (χ1v) is 21.1. The summed E-state index contributed by atoms with van der Waals surface area (Å²) in [5.41, 5.74) is 14.3. The molecule has 0 bridgehead atoms. The van der Waals surface area contributed by atoms with E-state index >= 15 is 8.78 Å². The number of likely N-dealkylation sites (tertiary alicyclic amines) is 2. The van der Waals surface area contributed by atoms with Gasteiger partial charge in [0, 0.05) is 53.4 Å². The maximum atomic E-state index is 15.8. The number of amides is 2. The molecule has 8 rings (SSSR count). The van der Waals surface area contributed by atoms with E-state index in [-0.39, 0.29) is 29.6 Å². The molecular weight excluding hydrogens is 942 g/mol. The Labute approximate surface area is 395 Å². The zero-order valence-corrected chi connectivity index (χ0v) is 38.2. The number of ether oxygens (including phenoxy) is 1. The Bertz CT molecular complexity index is 2830. The molecule has 2 aliphatic heterocycles. The number of anilines is 2. The monoisotopic (exact) mass is 986 g/mol. The van der Waals surface area contributed by atoms with Crippen molar-refractivity contribution in [2.75, 3.05) is 37.6 Å². The molecule has 23 heteroatoms. The van der Waals surface area contributed by atoms with E-state index < -0.39 is 42.0 Å². The second-order valence-electron chi connectivity index (χ2n) is 16.0. The van der Waals surface area contributed by atoms with Crippen molar-refractivity contribution < 1.29 is 51.0 Å². The van der Waals surface area contributed by atoms with Crippen LogP contribution in [0, 0.1) is 11.9 Å². The lowest BCUT2D eigenvalue weighted by atomic mass is 10.1. The molecule has 0 spiro atoms. The van der Waals surface area contributed by atoms with Crippen LogP contribution >= 0.6 is 23.2 Å². The number of nitrogens with two attached hydrogens (primary N) is 2. The van der Waals surface area contributed by atoms with Gasteiger partial charge in [0.2, 0.25) is 24.1 Å². The van der Waals surface area contributed by atoms with Gasteiger partial charge in [0.05, 0.1) is 22.9 Å². The van der Waals surface area contributed by atoms with Crippen LogP contribution in [0.2, 0.25) is 10.0 Å². The fourth-order valence-corrected chi connectivity index (χ4v) is 7.66. The summed E-state index contributed by atoms with van der Waals surface area (Å²) < 4.78 is 71.1. The Morgan fingerprint density at radius 3 is 1.47 bits per heavy atom. The van der Waals surface area contributed by atoms with E-state index in [4.69, 9.17) is 49.3 Å². The van der Waals surface area contributed by atoms with Crippen molar-refractivity contribution in [3.05, 3.63) is 108 Å². The summed E-state index contributed by atoms with van der Waals surface area (Å²) in [6, 6.07) is 13.2. The Balaban J connectivity index is 0.000000209. The molecule has 68 heavy (non-hydrogen) atoms. The molecule has 2 fully saturated rings. The quantitative estimate of drug-likeness (QED) is 0.0809. The van der Waals surface area contributed by atoms with Gasteiger partial charge >= 0.3 is 18.2 Å². The second kappa shape index (κ2) is 21.7. The summed E-state index contributed by atoms with van der Waals surface area (Å²) in [6.07, 6.45) is -0.179. The number of carboxylic acid groups (broad SMARTS) is 1. The average molecular weight is 988 g/mol. The van der Waals surface area contributed by atoms with Gasteiger partial charge in [-0.15, -0.1) is 0 Å². The maximum absolute atomic E-state index is 15.8. The lowest BCUT2D eigenvalue weighted by molar-refractivity contribution is -0.156. The summed E-state index contributed by atoms with van der Waals surface area (Å²) >= 11 is 12.0. The Morgan fingerprint density at radius 2 is 1.12 bits per heavy atom. The van der Waals surface area contributed by atoms with E-state index in [9.17, 15) is 27.6 Å². The van der Waals surface area contributed by atoms with Crippen LogP contribution in [0.4, 0.5) is 38.4 Å². The molecule has 5 N–H and O–H groups in total. The summed E-state index contributed by atoms with van der Waals surface area (Å²) in [7, 11) is 0. The highest BCUT2D eigenvalue weighted by Gasteiger charge is 2.36. The van der Waals surface area contributed by atoms with Crippen LogP contribution in [-0.2, 0) is 19.1 Å². The molecule has 2 amide bonds. The number of aliphatic carboxylic acids is 1. The SMILES string of the molecule is C=CC(=O)N1CC[C@@H](n2c(F)c(-c3ccc(Cl)cc3)c3c(N)ncnc32)C1.C=CC(=O)O.CC(C)(C)OC(=O)N1CC[C@@H](n2c(F)c(-c3ccc(Cl)cc3)c3c(N)ncnc32)C1.O=CC(F)(F)F. The van der Waals surface area contributed by atoms with Gasteiger partial charge in [0.15, 0.2) is 0 Å². The van der Waals surface area contributed by atoms with Crippen molar-refractivity contribution in [1.29, 1.82) is 0 Å². The molecule has 6 heterocycles. The molecule has 4 aromatic heterocycles. The molecule has 2 saturated heterocycles. The van der Waals surface area contributed by atoms with Crippen LogP contribution in [0.25, 0.3) is 44.3 Å². The lowest BCUT2D eigenvalue weighted by Gasteiger charge is -2.24. The number of carboxylic acids is 1. The highest BCUT2D eigenvalue weighted by molar-refractivity contribution is 6.31. The van der Waals surface area contributed by atoms with Crippen molar-refractivity contribution in [3.63, 3.8) is 0 Å². The van der Waals surface area contributed by atoms with Gasteiger partial charge in [-0.3, -0.25) is 18.7 Å². The molecule has 16 nitrogen and oxygen atoms in total. The third kappa shape index (κ3) is 12.2. The molecule has 2 aliphatic rings. The number of hydrogen-bond donors (Lipinski definition) is 3. The predicted molar refractivity (Wildman–Crippen MR) is 247 cm³/mol. The van der Waals surface area contributed by atoms with Gasteiger partial charge in [-0.25, -0.2) is 29.5 Å². The summed E-state index contributed by atoms with van der Waals surface area (Å²) in [5.74, 6) is -1.65. The van der Waals surface area contributed by atoms with Crippen LogP contribution in [-0.4, -0.2) is 106 Å². The largest absolute Gasteiger partial charge is 0.478 e. The van der Waals surface area contributed by atoms with Crippen molar-refractivity contribution in [2.45, 2.75) is 57.5 Å². The summed E-state index contributed by atoms with van der Waals surface area (Å²) in [5, 5.41) is 9.63. The minimum atomic E-state index is -4.64. The van der Waals surface area contributed by atoms with E-state index in [2.05, 4.69) is 33.1 Å². The van der Waals surface area contributed by atoms with Crippen LogP contribution in [0.3, 0.4) is 0 Å². The molecule has 2 aromatic carbocycles. The number of benzene rings is 2. The number of nitrogens with zero attached hydrogens (tertiary/aromatic N) is 8. The molecule has 6 aromatic rings. The number of aromatic nitrogens is 6. The van der Waals surface area contributed by atoms with E-state index in [1.54, 1.807) is 58.3 Å². The fraction of sp³-hybridized carbons (Fsp3) is 0.289. The van der Waals surface area contributed by atoms with Crippen LogP contribution in [0.5, 0.6) is 0 Å². The van der Waals surface area contributed by atoms with Gasteiger partial charge < -0.3 is 31.1 Å². The highest BCUT2D eigenvalue weighted by Crippen LogP contribution is 2.41. The van der Waals surface area contributed by atoms with Crippen molar-refractivity contribution in [2.24, 2.45) is 0 Å². The third-order valence-electron chi connectivity index (χ3n) is 10.3. The Morgan fingerprint density at radius 1 is 0.735 bits per heavy atom. The molecule has 360 valence electrons. The minimum Gasteiger partial charge on any atom is -0.478 e. The van der Waals surface area contributed by atoms with Gasteiger partial charge in [-0.1, -0.05) is 60.6 Å². The summed E-state index contributed by atoms with van der Waals surface area (Å²) in [6.45, 7) is 13.6. The first-order valence-electron chi connectivity index (χ1n) is 20.4. The number of rotatable bonds is 6. The van der Waals surface area contributed by atoms with E-state index in [0.29, 0.717) is 93.4 Å². The number of aldehydes is 1. The number of nitrogen functional groups attached to an aromatic ring is 2. The normalized spacial score (nSPS) is 15.6. The zero-order valence-electron chi connectivity index (χ0n) is 36.7. The fourth-order valence-electron chi connectivity index (χ4n) is 7.41. The van der Waals surface area contributed by atoms with Crippen LogP contribution in [0.1, 0.15) is 45.7 Å². The lowest BCUT2D eigenvalue weighted by Crippen LogP contribution is -2.35. The topological polar surface area (TPSA) is 218 Å². The van der Waals surface area contributed by atoms with Crippen LogP contribution in [0.15, 0.2) is 86.5 Å². The van der Waals surface area contributed by atoms with Gasteiger partial charge in [-0.2, -0.15) is 22.0 Å². The van der Waals surface area contributed by atoms with Crippen LogP contribution < -0.4 is 11.5 Å². The minimum absolute atomic E-state index is 0.165. The highest BCUT2D eigenvalue weighted by atomic mass is 35.5. The Kier molecular flexibility index (Phi) is 16.5. The third-order valence-corrected chi connectivity index (χ3v) is 10.8. The van der Waals surface area contributed by atoms with Crippen molar-refractivity contribution in [1.82, 2.24) is 38.9 Å². The standard InChI is InChI=1S/C21H23ClFN5O2.C19H17ClFN5O.C3H4O2.C2HF3O/c1-21(2,3)30-20(29)27-9-8-14(10-27)28-17(23)15(12-4-6-13(22)7-5-12)16-18(24)25-11-26-19(16)28;1-2-14(27)25-8-7-13(9-25)26-17(21)15(11-3-5-12(20)6-4-11)16-18(22)23-10-24-19(16)26;1-2-3(4)5;3-2(4,5)1-6/h4-7,11,14H,8-10H2,1-3H3,(H2,24,25,26);2-6,10,13H,1,7-9H2,(H2,22,23,24);2H,1H2,(H,4,5);1H/t14-;13-;;/m11../s1. The molecule has 0 aliphatic carbocycles.